The normalized spacial score (nSPS) is 12.4. The summed E-state index contributed by atoms with van der Waals surface area (Å²) in [4.78, 5) is 26.5. The van der Waals surface area contributed by atoms with Crippen molar-refractivity contribution in [3.05, 3.63) is 73.2 Å². The number of benzene rings is 2. The fraction of sp³-hybridized carbons (Fsp3) is 0.294. The van der Waals surface area contributed by atoms with Gasteiger partial charge in [0.2, 0.25) is 11.9 Å². The van der Waals surface area contributed by atoms with Gasteiger partial charge >= 0.3 is 0 Å². The number of nitrogens with zero attached hydrogens (tertiary/aromatic N) is 7. The van der Waals surface area contributed by atoms with Gasteiger partial charge in [-0.15, -0.1) is 0 Å². The highest BCUT2D eigenvalue weighted by molar-refractivity contribution is 6.02. The minimum Gasteiger partial charge on any atom is -0.494 e. The molecule has 1 amide bonds. The molecule has 1 aliphatic heterocycles. The molecule has 0 aliphatic carbocycles. The third-order valence-electron chi connectivity index (χ3n) is 8.27. The Morgan fingerprint density at radius 3 is 2.71 bits per heavy atom. The summed E-state index contributed by atoms with van der Waals surface area (Å²) in [5.41, 5.74) is 8.31. The molecule has 232 valence electrons. The van der Waals surface area contributed by atoms with Crippen LogP contribution >= 0.6 is 0 Å². The maximum absolute atomic E-state index is 12.4. The van der Waals surface area contributed by atoms with E-state index in [4.69, 9.17) is 14.7 Å². The van der Waals surface area contributed by atoms with Crippen molar-refractivity contribution in [1.82, 2.24) is 29.2 Å². The van der Waals surface area contributed by atoms with Crippen molar-refractivity contribution in [3.8, 4) is 28.3 Å². The second kappa shape index (κ2) is 12.4. The van der Waals surface area contributed by atoms with E-state index in [-0.39, 0.29) is 5.91 Å². The standard InChI is InChI=1S/C34H39N9O2/c1-7-31(44)37-26-18-27(30(45-6)19-29(26)41(4)17-16-40(2)3)38-34-35-20-24(28-13-14-36-42(28)5)32(39-34)25-21-43-15-9-11-22-10-8-12-23(25)33(22)43/h7-8,10,12-14,18-21H,1,9,11,15-17H2,2-6H3,(H,37,44)(H,35,38,39). The molecule has 0 saturated heterocycles. The number of methoxy groups -OCH3 is 1. The summed E-state index contributed by atoms with van der Waals surface area (Å²) in [6, 6.07) is 12.2. The largest absolute Gasteiger partial charge is 0.494 e. The molecule has 0 bridgehead atoms. The number of anilines is 4. The maximum Gasteiger partial charge on any atom is 0.247 e. The number of likely N-dealkylation sites (N-methyl/N-ethyl adjacent to an activating group) is 2. The second-order valence-electron chi connectivity index (χ2n) is 11.6. The highest BCUT2D eigenvalue weighted by atomic mass is 16.5. The molecule has 0 atom stereocenters. The molecule has 1 aliphatic rings. The molecule has 0 spiro atoms. The monoisotopic (exact) mass is 605 g/mol. The molecule has 0 fully saturated rings. The number of para-hydroxylation sites is 1. The molecule has 5 aromatic rings. The predicted octanol–water partition coefficient (Wildman–Crippen LogP) is 5.32. The van der Waals surface area contributed by atoms with E-state index in [1.807, 2.05) is 57.3 Å². The molecule has 3 aromatic heterocycles. The zero-order valence-corrected chi connectivity index (χ0v) is 26.5. The summed E-state index contributed by atoms with van der Waals surface area (Å²) in [6.07, 6.45) is 9.26. The van der Waals surface area contributed by atoms with E-state index in [1.165, 1.54) is 17.2 Å². The molecule has 2 N–H and O–H groups in total. The molecular formula is C34H39N9O2. The Hall–Kier alpha value is -5.16. The van der Waals surface area contributed by atoms with Crippen molar-refractivity contribution in [3.63, 3.8) is 0 Å². The van der Waals surface area contributed by atoms with Gasteiger partial charge < -0.3 is 29.7 Å². The lowest BCUT2D eigenvalue weighted by atomic mass is 10.00. The lowest BCUT2D eigenvalue weighted by Gasteiger charge is -2.26. The SMILES string of the molecule is C=CC(=O)Nc1cc(Nc2ncc(-c3ccnn3C)c(-c3cn4c5c(cccc35)CCC4)n2)c(OC)cc1N(C)CCN(C)C. The Balaban J connectivity index is 1.46. The van der Waals surface area contributed by atoms with Gasteiger partial charge in [0.15, 0.2) is 0 Å². The van der Waals surface area contributed by atoms with Crippen molar-refractivity contribution in [2.75, 3.05) is 56.9 Å². The number of aromatic nitrogens is 5. The average Bonchev–Trinajstić information content (AvgIpc) is 3.64. The number of hydrogen-bond donors (Lipinski definition) is 2. The molecule has 0 unspecified atom stereocenters. The van der Waals surface area contributed by atoms with Crippen LogP contribution in [0.5, 0.6) is 5.75 Å². The summed E-state index contributed by atoms with van der Waals surface area (Å²) in [6.45, 7) is 6.18. The van der Waals surface area contributed by atoms with Crippen LogP contribution < -0.4 is 20.3 Å². The van der Waals surface area contributed by atoms with Crippen LogP contribution in [-0.4, -0.2) is 76.5 Å². The van der Waals surface area contributed by atoms with Crippen molar-refractivity contribution in [2.45, 2.75) is 19.4 Å². The second-order valence-corrected chi connectivity index (χ2v) is 11.6. The minimum atomic E-state index is -0.305. The minimum absolute atomic E-state index is 0.305. The summed E-state index contributed by atoms with van der Waals surface area (Å²) in [5.74, 6) is 0.683. The van der Waals surface area contributed by atoms with E-state index in [1.54, 1.807) is 13.3 Å². The van der Waals surface area contributed by atoms with Gasteiger partial charge in [0, 0.05) is 74.9 Å². The molecule has 45 heavy (non-hydrogen) atoms. The van der Waals surface area contributed by atoms with Crippen LogP contribution in [-0.2, 0) is 24.8 Å². The Labute approximate surface area is 263 Å². The smallest absolute Gasteiger partial charge is 0.247 e. The van der Waals surface area contributed by atoms with E-state index < -0.39 is 0 Å². The van der Waals surface area contributed by atoms with Crippen LogP contribution in [0.1, 0.15) is 12.0 Å². The average molecular weight is 606 g/mol. The van der Waals surface area contributed by atoms with Gasteiger partial charge in [0.1, 0.15) is 5.75 Å². The Morgan fingerprint density at radius 1 is 1.13 bits per heavy atom. The van der Waals surface area contributed by atoms with Gasteiger partial charge in [-0.1, -0.05) is 24.8 Å². The quantitative estimate of drug-likeness (QED) is 0.195. The van der Waals surface area contributed by atoms with E-state index in [0.717, 1.165) is 66.1 Å². The van der Waals surface area contributed by atoms with Crippen LogP contribution in [0.4, 0.5) is 23.0 Å². The van der Waals surface area contributed by atoms with E-state index in [0.29, 0.717) is 23.1 Å². The van der Waals surface area contributed by atoms with Crippen LogP contribution in [0, 0.1) is 0 Å². The number of rotatable bonds is 11. The number of aryl methyl sites for hydroxylation is 3. The topological polar surface area (TPSA) is 105 Å². The number of carbonyl (C=O) groups is 1. The van der Waals surface area contributed by atoms with Crippen molar-refractivity contribution >= 4 is 39.8 Å². The lowest BCUT2D eigenvalue weighted by Crippen LogP contribution is -2.29. The number of carbonyl (C=O) groups excluding carboxylic acids is 1. The first kappa shape index (κ1) is 29.9. The van der Waals surface area contributed by atoms with Crippen LogP contribution in [0.2, 0.25) is 0 Å². The molecule has 0 radical (unpaired) electrons. The molecule has 0 saturated carbocycles. The first-order valence-corrected chi connectivity index (χ1v) is 15.0. The van der Waals surface area contributed by atoms with Crippen molar-refractivity contribution < 1.29 is 9.53 Å². The highest BCUT2D eigenvalue weighted by Gasteiger charge is 2.23. The van der Waals surface area contributed by atoms with Gasteiger partial charge in [0.25, 0.3) is 0 Å². The maximum atomic E-state index is 12.4. The fourth-order valence-electron chi connectivity index (χ4n) is 5.94. The summed E-state index contributed by atoms with van der Waals surface area (Å²) < 4.78 is 10.0. The van der Waals surface area contributed by atoms with Gasteiger partial charge in [-0.2, -0.15) is 5.10 Å². The zero-order chi connectivity index (χ0) is 31.7. The first-order valence-electron chi connectivity index (χ1n) is 15.0. The Kier molecular flexibility index (Phi) is 8.27. The summed E-state index contributed by atoms with van der Waals surface area (Å²) >= 11 is 0. The van der Waals surface area contributed by atoms with Crippen LogP contribution in [0.15, 0.2) is 67.6 Å². The number of hydrogen-bond acceptors (Lipinski definition) is 8. The van der Waals surface area contributed by atoms with Gasteiger partial charge in [-0.25, -0.2) is 9.97 Å². The summed E-state index contributed by atoms with van der Waals surface area (Å²) in [7, 11) is 9.58. The van der Waals surface area contributed by atoms with Gasteiger partial charge in [0.05, 0.1) is 41.1 Å². The summed E-state index contributed by atoms with van der Waals surface area (Å²) in [5, 5.41) is 11.9. The third kappa shape index (κ3) is 5.86. The molecule has 6 rings (SSSR count). The Morgan fingerprint density at radius 2 is 1.98 bits per heavy atom. The van der Waals surface area contributed by atoms with Crippen LogP contribution in [0.25, 0.3) is 33.4 Å². The van der Waals surface area contributed by atoms with Crippen molar-refractivity contribution in [1.29, 1.82) is 0 Å². The highest BCUT2D eigenvalue weighted by Crippen LogP contribution is 2.41. The zero-order valence-electron chi connectivity index (χ0n) is 26.5. The van der Waals surface area contributed by atoms with Crippen molar-refractivity contribution in [2.24, 2.45) is 7.05 Å². The molecular weight excluding hydrogens is 566 g/mol. The molecule has 11 nitrogen and oxygen atoms in total. The van der Waals surface area contributed by atoms with Crippen LogP contribution in [0.3, 0.4) is 0 Å². The lowest BCUT2D eigenvalue weighted by molar-refractivity contribution is -0.111. The van der Waals surface area contributed by atoms with E-state index in [9.17, 15) is 4.79 Å². The van der Waals surface area contributed by atoms with E-state index >= 15 is 0 Å². The first-order chi connectivity index (χ1) is 21.8. The molecule has 11 heteroatoms. The third-order valence-corrected chi connectivity index (χ3v) is 8.27. The Bertz CT molecular complexity index is 1890. The van der Waals surface area contributed by atoms with Gasteiger partial charge in [-0.3, -0.25) is 9.48 Å². The van der Waals surface area contributed by atoms with Gasteiger partial charge in [-0.05, 0) is 50.7 Å². The van der Waals surface area contributed by atoms with E-state index in [2.05, 4.69) is 61.1 Å². The number of ether oxygens (including phenoxy) is 1. The molecule has 4 heterocycles. The predicted molar refractivity (Wildman–Crippen MR) is 180 cm³/mol. The number of nitrogens with one attached hydrogen (secondary N) is 2. The fourth-order valence-corrected chi connectivity index (χ4v) is 5.94. The molecule has 2 aromatic carbocycles. The number of amides is 1.